The summed E-state index contributed by atoms with van der Waals surface area (Å²) in [6.45, 7) is 25.3. The van der Waals surface area contributed by atoms with Gasteiger partial charge in [-0.25, -0.2) is 4.79 Å². The van der Waals surface area contributed by atoms with Crippen molar-refractivity contribution in [3.05, 3.63) is 30.4 Å². The quantitative estimate of drug-likeness (QED) is 0.203. The summed E-state index contributed by atoms with van der Waals surface area (Å²) in [7, 11) is -2.83. The molecule has 0 aromatic heterocycles. The van der Waals surface area contributed by atoms with Crippen LogP contribution in [0.1, 0.15) is 47.1 Å². The fraction of sp³-hybridized carbons (Fsp3) is 0.615. The molecule has 1 N–H and O–H groups in total. The molecule has 0 aliphatic heterocycles. The number of benzene rings is 1. The zero-order valence-electron chi connectivity index (χ0n) is 23.5. The first kappa shape index (κ1) is 30.8. The number of aldehydes is 1. The number of nitrogens with one attached hydrogen (secondary N) is 1. The molecule has 1 aromatic rings. The van der Waals surface area contributed by atoms with E-state index in [1.54, 1.807) is 7.11 Å². The van der Waals surface area contributed by atoms with Crippen LogP contribution < -0.4 is 18.9 Å². The Morgan fingerprint density at radius 2 is 1.46 bits per heavy atom. The molecule has 1 rings (SSSR count). The number of carbonyl (C=O) groups excluding carboxylic acids is 2. The van der Waals surface area contributed by atoms with Gasteiger partial charge in [-0.15, -0.1) is 0 Å². The molecule has 1 aromatic carbocycles. The second-order valence-electron chi connectivity index (χ2n) is 11.8. The van der Waals surface area contributed by atoms with Gasteiger partial charge in [0.25, 0.3) is 16.6 Å². The summed E-state index contributed by atoms with van der Waals surface area (Å²) in [6.07, 6.45) is 1.74. The van der Waals surface area contributed by atoms with Gasteiger partial charge < -0.3 is 28.4 Å². The first-order valence-corrected chi connectivity index (χ1v) is 17.8. The van der Waals surface area contributed by atoms with Crippen LogP contribution in [0, 0.1) is 0 Å². The van der Waals surface area contributed by atoms with Crippen LogP contribution in [0.4, 0.5) is 4.79 Å². The first-order chi connectivity index (χ1) is 15.9. The van der Waals surface area contributed by atoms with E-state index in [0.29, 0.717) is 23.5 Å². The zero-order valence-corrected chi connectivity index (χ0v) is 25.5. The van der Waals surface area contributed by atoms with Gasteiger partial charge in [0.15, 0.2) is 11.5 Å². The molecule has 0 saturated carbocycles. The van der Waals surface area contributed by atoms with E-state index in [-0.39, 0.29) is 23.1 Å². The molecule has 0 fully saturated rings. The maximum absolute atomic E-state index is 12.0. The Morgan fingerprint density at radius 1 is 1.00 bits per heavy atom. The molecule has 0 bridgehead atoms. The molecule has 198 valence electrons. The molecule has 0 spiro atoms. The summed E-state index contributed by atoms with van der Waals surface area (Å²) in [4.78, 5) is 23.8. The highest BCUT2D eigenvalue weighted by atomic mass is 28.4. The number of hydrogen-bond donors (Lipinski definition) is 1. The fourth-order valence-corrected chi connectivity index (χ4v) is 4.69. The van der Waals surface area contributed by atoms with Crippen LogP contribution in [0.2, 0.25) is 36.3 Å². The normalized spacial score (nSPS) is 13.5. The van der Waals surface area contributed by atoms with Gasteiger partial charge >= 0.3 is 6.09 Å². The number of rotatable bonds is 11. The number of ether oxygens (including phenoxy) is 2. The number of hydrogen-bond acceptors (Lipinski definition) is 6. The largest absolute Gasteiger partial charge is 0.541 e. The van der Waals surface area contributed by atoms with Gasteiger partial charge in [-0.05, 0) is 60.4 Å². The van der Waals surface area contributed by atoms with Gasteiger partial charge in [0.05, 0.1) is 13.2 Å². The lowest BCUT2D eigenvalue weighted by atomic mass is 10.1. The van der Waals surface area contributed by atoms with E-state index in [1.807, 2.05) is 12.1 Å². The number of methoxy groups -OCH3 is 1. The minimum Gasteiger partial charge on any atom is -0.541 e. The Bertz CT molecular complexity index is 851. The lowest BCUT2D eigenvalue weighted by Gasteiger charge is -2.39. The Hall–Kier alpha value is -2.27. The molecule has 0 aliphatic carbocycles. The van der Waals surface area contributed by atoms with E-state index in [2.05, 4.69) is 79.6 Å². The SMILES string of the molecule is C=CCOC(=O)N[C@H](C=O)Cc1cc(O[Si](C)(C)C(C)(C)C)c(OC)c(O[Si](C)(C)C(C)(C)C)c1. The molecule has 0 saturated heterocycles. The minimum atomic E-state index is -2.22. The Kier molecular flexibility index (Phi) is 10.2. The minimum absolute atomic E-state index is 0.0315. The highest BCUT2D eigenvalue weighted by molar-refractivity contribution is 6.75. The van der Waals surface area contributed by atoms with Crippen LogP contribution in [-0.2, 0) is 16.0 Å². The first-order valence-electron chi connectivity index (χ1n) is 12.0. The molecular formula is C26H45NO6Si2. The summed E-state index contributed by atoms with van der Waals surface area (Å²) < 4.78 is 24.1. The van der Waals surface area contributed by atoms with Gasteiger partial charge in [0, 0.05) is 0 Å². The van der Waals surface area contributed by atoms with E-state index in [0.717, 1.165) is 5.56 Å². The third-order valence-corrected chi connectivity index (χ3v) is 15.6. The maximum Gasteiger partial charge on any atom is 0.408 e. The second-order valence-corrected chi connectivity index (χ2v) is 21.3. The molecule has 1 atom stereocenters. The summed E-state index contributed by atoms with van der Waals surface area (Å²) in [5, 5.41) is 2.53. The third kappa shape index (κ3) is 8.42. The zero-order chi connectivity index (χ0) is 27.2. The van der Waals surface area contributed by atoms with Crippen molar-refractivity contribution < 1.29 is 27.9 Å². The van der Waals surface area contributed by atoms with Crippen molar-refractivity contribution in [3.8, 4) is 17.2 Å². The van der Waals surface area contributed by atoms with E-state index < -0.39 is 28.8 Å². The summed E-state index contributed by atoms with van der Waals surface area (Å²) in [6, 6.07) is 2.98. The second kappa shape index (κ2) is 11.6. The van der Waals surface area contributed by atoms with Gasteiger partial charge in [0.2, 0.25) is 5.75 Å². The molecule has 9 heteroatoms. The van der Waals surface area contributed by atoms with Crippen molar-refractivity contribution in [2.24, 2.45) is 0 Å². The lowest BCUT2D eigenvalue weighted by Crippen LogP contribution is -2.45. The lowest BCUT2D eigenvalue weighted by molar-refractivity contribution is -0.109. The highest BCUT2D eigenvalue weighted by Gasteiger charge is 2.42. The topological polar surface area (TPSA) is 83.1 Å². The molecular weight excluding hydrogens is 478 g/mol. The standard InChI is InChI=1S/C26H45NO6Si2/c1-13-14-31-24(29)27-20(18-28)15-19-16-21(32-34(9,10)25(2,3)4)23(30-8)22(17-19)33-35(11,12)26(5,6)7/h13,16-18,20H,1,14-15H2,2-12H3,(H,27,29)/t20-/m0/s1. The van der Waals surface area contributed by atoms with Gasteiger partial charge in [-0.1, -0.05) is 54.2 Å². The smallest absolute Gasteiger partial charge is 0.408 e. The van der Waals surface area contributed by atoms with Crippen LogP contribution in [0.15, 0.2) is 24.8 Å². The molecule has 0 heterocycles. The van der Waals surface area contributed by atoms with Crippen LogP contribution in [0.3, 0.4) is 0 Å². The van der Waals surface area contributed by atoms with E-state index in [1.165, 1.54) is 6.08 Å². The third-order valence-electron chi connectivity index (χ3n) is 6.88. The van der Waals surface area contributed by atoms with Crippen molar-refractivity contribution in [3.63, 3.8) is 0 Å². The van der Waals surface area contributed by atoms with Crippen LogP contribution >= 0.6 is 0 Å². The molecule has 35 heavy (non-hydrogen) atoms. The van der Waals surface area contributed by atoms with Gasteiger partial charge in [-0.2, -0.15) is 0 Å². The Labute approximate surface area is 213 Å². The monoisotopic (exact) mass is 523 g/mol. The van der Waals surface area contributed by atoms with E-state index >= 15 is 0 Å². The fourth-order valence-electron chi connectivity index (χ4n) is 2.67. The Balaban J connectivity index is 3.53. The predicted molar refractivity (Wildman–Crippen MR) is 147 cm³/mol. The maximum atomic E-state index is 12.0. The van der Waals surface area contributed by atoms with Gasteiger partial charge in [0.1, 0.15) is 12.9 Å². The summed E-state index contributed by atoms with van der Waals surface area (Å²) >= 11 is 0. The number of alkyl carbamates (subject to hydrolysis) is 1. The number of amides is 1. The molecule has 0 radical (unpaired) electrons. The summed E-state index contributed by atoms with van der Waals surface area (Å²) in [5.41, 5.74) is 0.786. The Morgan fingerprint density at radius 3 is 1.80 bits per heavy atom. The van der Waals surface area contributed by atoms with Crippen molar-refractivity contribution in [2.75, 3.05) is 13.7 Å². The van der Waals surface area contributed by atoms with Crippen LogP contribution in [0.5, 0.6) is 17.2 Å². The van der Waals surface area contributed by atoms with Crippen molar-refractivity contribution in [2.45, 2.75) is 90.3 Å². The van der Waals surface area contributed by atoms with Crippen molar-refractivity contribution in [1.29, 1.82) is 0 Å². The molecule has 0 unspecified atom stereocenters. The van der Waals surface area contributed by atoms with Crippen LogP contribution in [-0.4, -0.2) is 48.8 Å². The summed E-state index contributed by atoms with van der Waals surface area (Å²) in [5.74, 6) is 1.72. The number of carbonyl (C=O) groups is 2. The highest BCUT2D eigenvalue weighted by Crippen LogP contribution is 2.47. The average molecular weight is 524 g/mol. The molecule has 7 nitrogen and oxygen atoms in total. The van der Waals surface area contributed by atoms with Crippen molar-refractivity contribution in [1.82, 2.24) is 5.32 Å². The van der Waals surface area contributed by atoms with Crippen molar-refractivity contribution >= 4 is 29.0 Å². The van der Waals surface area contributed by atoms with E-state index in [9.17, 15) is 9.59 Å². The average Bonchev–Trinajstić information content (AvgIpc) is 2.69. The van der Waals surface area contributed by atoms with Gasteiger partial charge in [-0.3, -0.25) is 0 Å². The molecule has 0 aliphatic rings. The molecule has 1 amide bonds. The van der Waals surface area contributed by atoms with Crippen LogP contribution in [0.25, 0.3) is 0 Å². The predicted octanol–water partition coefficient (Wildman–Crippen LogP) is 6.49. The van der Waals surface area contributed by atoms with E-state index in [4.69, 9.17) is 18.3 Å².